The van der Waals surface area contributed by atoms with Gasteiger partial charge in [-0.05, 0) is 81.5 Å². The Balaban J connectivity index is 1.44. The van der Waals surface area contributed by atoms with Crippen LogP contribution in [0.5, 0.6) is 11.5 Å². The monoisotopic (exact) mass is 438 g/mol. The highest BCUT2D eigenvalue weighted by atomic mass is 16.5. The maximum atomic E-state index is 6.24. The maximum absolute atomic E-state index is 6.24. The van der Waals surface area contributed by atoms with Gasteiger partial charge in [0, 0.05) is 25.2 Å². The first-order valence-electron chi connectivity index (χ1n) is 12.4. The van der Waals surface area contributed by atoms with Crippen LogP contribution in [0, 0.1) is 0 Å². The highest BCUT2D eigenvalue weighted by Gasteiger charge is 2.26. The summed E-state index contributed by atoms with van der Waals surface area (Å²) in [5.74, 6) is 1.92. The fourth-order valence-electron chi connectivity index (χ4n) is 4.18. The van der Waals surface area contributed by atoms with Gasteiger partial charge in [0.2, 0.25) is 0 Å². The molecule has 2 aromatic carbocycles. The Kier molecular flexibility index (Phi) is 9.43. The molecule has 0 bridgehead atoms. The molecule has 3 unspecified atom stereocenters. The minimum Gasteiger partial charge on any atom is -0.491 e. The van der Waals surface area contributed by atoms with Crippen molar-refractivity contribution < 1.29 is 9.47 Å². The van der Waals surface area contributed by atoms with E-state index in [1.54, 1.807) is 0 Å². The third-order valence-electron chi connectivity index (χ3n) is 6.39. The SMILES string of the molecule is CCC(C)N1CCC(Oc2ccc(Cc3ccc(OC(C)CCNC(C)C)cc3)cc2)C1. The first-order chi connectivity index (χ1) is 15.4. The number of benzene rings is 2. The largest absolute Gasteiger partial charge is 0.491 e. The van der Waals surface area contributed by atoms with Crippen LogP contribution in [0.4, 0.5) is 0 Å². The molecule has 0 spiro atoms. The number of rotatable bonds is 12. The summed E-state index contributed by atoms with van der Waals surface area (Å²) in [5.41, 5.74) is 2.59. The second-order valence-corrected chi connectivity index (χ2v) is 9.57. The van der Waals surface area contributed by atoms with Crippen LogP contribution >= 0.6 is 0 Å². The third-order valence-corrected chi connectivity index (χ3v) is 6.39. The lowest BCUT2D eigenvalue weighted by atomic mass is 10.0. The van der Waals surface area contributed by atoms with E-state index < -0.39 is 0 Å². The van der Waals surface area contributed by atoms with Gasteiger partial charge in [0.1, 0.15) is 17.6 Å². The Morgan fingerprint density at radius 1 is 0.938 bits per heavy atom. The van der Waals surface area contributed by atoms with Crippen molar-refractivity contribution in [2.45, 2.75) is 84.6 Å². The van der Waals surface area contributed by atoms with Crippen LogP contribution in [-0.2, 0) is 6.42 Å². The summed E-state index contributed by atoms with van der Waals surface area (Å²) < 4.78 is 12.3. The third kappa shape index (κ3) is 7.83. The molecule has 0 radical (unpaired) electrons. The van der Waals surface area contributed by atoms with Gasteiger partial charge in [-0.25, -0.2) is 0 Å². The van der Waals surface area contributed by atoms with Crippen molar-refractivity contribution in [1.29, 1.82) is 0 Å². The number of hydrogen-bond donors (Lipinski definition) is 1. The Bertz CT molecular complexity index is 788. The van der Waals surface area contributed by atoms with Crippen LogP contribution in [-0.4, -0.2) is 48.8 Å². The standard InChI is InChI=1S/C28H42N2O2/c1-6-22(4)30-18-16-28(20-30)32-27-13-9-25(10-14-27)19-24-7-11-26(12-8-24)31-23(5)15-17-29-21(2)3/h7-14,21-23,28-29H,6,15-20H2,1-5H3. The summed E-state index contributed by atoms with van der Waals surface area (Å²) in [6.07, 6.45) is 4.75. The van der Waals surface area contributed by atoms with Gasteiger partial charge in [-0.1, -0.05) is 45.0 Å². The molecule has 0 aromatic heterocycles. The van der Waals surface area contributed by atoms with Gasteiger partial charge in [-0.2, -0.15) is 0 Å². The van der Waals surface area contributed by atoms with Crippen molar-refractivity contribution in [3.05, 3.63) is 59.7 Å². The van der Waals surface area contributed by atoms with E-state index in [0.29, 0.717) is 18.2 Å². The maximum Gasteiger partial charge on any atom is 0.119 e. The molecule has 4 nitrogen and oxygen atoms in total. The van der Waals surface area contributed by atoms with Gasteiger partial charge in [0.25, 0.3) is 0 Å². The van der Waals surface area contributed by atoms with E-state index in [4.69, 9.17) is 9.47 Å². The molecule has 1 heterocycles. The molecule has 4 heteroatoms. The second kappa shape index (κ2) is 12.3. The molecule has 176 valence electrons. The molecule has 1 N–H and O–H groups in total. The lowest BCUT2D eigenvalue weighted by molar-refractivity contribution is 0.181. The summed E-state index contributed by atoms with van der Waals surface area (Å²) in [6, 6.07) is 18.3. The van der Waals surface area contributed by atoms with Gasteiger partial charge in [0.15, 0.2) is 0 Å². The molecule has 2 aromatic rings. The second-order valence-electron chi connectivity index (χ2n) is 9.57. The van der Waals surface area contributed by atoms with Crippen LogP contribution < -0.4 is 14.8 Å². The lowest BCUT2D eigenvalue weighted by Gasteiger charge is -2.22. The smallest absolute Gasteiger partial charge is 0.119 e. The number of hydrogen-bond acceptors (Lipinski definition) is 4. The molecule has 0 amide bonds. The first-order valence-corrected chi connectivity index (χ1v) is 12.4. The number of nitrogens with one attached hydrogen (secondary N) is 1. The molecule has 0 aliphatic carbocycles. The summed E-state index contributed by atoms with van der Waals surface area (Å²) in [6.45, 7) is 14.2. The average molecular weight is 439 g/mol. The lowest BCUT2D eigenvalue weighted by Crippen LogP contribution is -2.32. The van der Waals surface area contributed by atoms with E-state index in [9.17, 15) is 0 Å². The van der Waals surface area contributed by atoms with Crippen molar-refractivity contribution in [2.75, 3.05) is 19.6 Å². The van der Waals surface area contributed by atoms with Crippen molar-refractivity contribution in [3.63, 3.8) is 0 Å². The van der Waals surface area contributed by atoms with Crippen LogP contribution in [0.3, 0.4) is 0 Å². The van der Waals surface area contributed by atoms with Crippen molar-refractivity contribution >= 4 is 0 Å². The molecular formula is C28H42N2O2. The summed E-state index contributed by atoms with van der Waals surface area (Å²) in [4.78, 5) is 2.54. The van der Waals surface area contributed by atoms with Gasteiger partial charge in [0.05, 0.1) is 6.10 Å². The van der Waals surface area contributed by atoms with Gasteiger partial charge in [-0.15, -0.1) is 0 Å². The zero-order chi connectivity index (χ0) is 22.9. The number of ether oxygens (including phenoxy) is 2. The highest BCUT2D eigenvalue weighted by Crippen LogP contribution is 2.22. The minimum atomic E-state index is 0.205. The predicted molar refractivity (Wildman–Crippen MR) is 134 cm³/mol. The van der Waals surface area contributed by atoms with E-state index in [1.165, 1.54) is 17.5 Å². The van der Waals surface area contributed by atoms with E-state index >= 15 is 0 Å². The zero-order valence-electron chi connectivity index (χ0n) is 20.6. The van der Waals surface area contributed by atoms with E-state index in [1.807, 2.05) is 0 Å². The summed E-state index contributed by atoms with van der Waals surface area (Å²) >= 11 is 0. The fraction of sp³-hybridized carbons (Fsp3) is 0.571. The Hall–Kier alpha value is -2.04. The van der Waals surface area contributed by atoms with Crippen molar-refractivity contribution in [2.24, 2.45) is 0 Å². The Morgan fingerprint density at radius 2 is 1.56 bits per heavy atom. The average Bonchev–Trinajstić information content (AvgIpc) is 3.24. The van der Waals surface area contributed by atoms with E-state index in [0.717, 1.165) is 50.4 Å². The molecule has 1 aliphatic rings. The first kappa shape index (κ1) is 24.6. The normalized spacial score (nSPS) is 18.6. The quantitative estimate of drug-likeness (QED) is 0.462. The van der Waals surface area contributed by atoms with Gasteiger partial charge >= 0.3 is 0 Å². The highest BCUT2D eigenvalue weighted by molar-refractivity contribution is 5.34. The fourth-order valence-corrected chi connectivity index (χ4v) is 4.18. The number of likely N-dealkylation sites (tertiary alicyclic amines) is 1. The van der Waals surface area contributed by atoms with Crippen LogP contribution in [0.1, 0.15) is 65.0 Å². The minimum absolute atomic E-state index is 0.205. The molecule has 32 heavy (non-hydrogen) atoms. The van der Waals surface area contributed by atoms with Gasteiger partial charge in [-0.3, -0.25) is 4.90 Å². The van der Waals surface area contributed by atoms with Crippen molar-refractivity contribution in [3.8, 4) is 11.5 Å². The molecule has 3 rings (SSSR count). The Morgan fingerprint density at radius 3 is 2.16 bits per heavy atom. The number of nitrogens with zero attached hydrogens (tertiary/aromatic N) is 1. The zero-order valence-corrected chi connectivity index (χ0v) is 20.6. The van der Waals surface area contributed by atoms with Crippen LogP contribution in [0.25, 0.3) is 0 Å². The summed E-state index contributed by atoms with van der Waals surface area (Å²) in [7, 11) is 0. The molecule has 1 aliphatic heterocycles. The van der Waals surface area contributed by atoms with Crippen LogP contribution in [0.2, 0.25) is 0 Å². The van der Waals surface area contributed by atoms with Gasteiger partial charge < -0.3 is 14.8 Å². The molecule has 1 fully saturated rings. The van der Waals surface area contributed by atoms with E-state index in [-0.39, 0.29) is 6.10 Å². The van der Waals surface area contributed by atoms with E-state index in [2.05, 4.69) is 93.4 Å². The molecular weight excluding hydrogens is 396 g/mol. The molecule has 0 saturated carbocycles. The van der Waals surface area contributed by atoms with Crippen molar-refractivity contribution in [1.82, 2.24) is 10.2 Å². The summed E-state index contributed by atoms with van der Waals surface area (Å²) in [5, 5.41) is 3.44. The van der Waals surface area contributed by atoms with Crippen LogP contribution in [0.15, 0.2) is 48.5 Å². The predicted octanol–water partition coefficient (Wildman–Crippen LogP) is 5.68. The molecule has 3 atom stereocenters. The topological polar surface area (TPSA) is 33.7 Å². The molecule has 1 saturated heterocycles. The Labute approximate surface area is 195 Å².